The minimum atomic E-state index is 0.136. The molecule has 1 amide bonds. The Bertz CT molecular complexity index is 1260. The van der Waals surface area contributed by atoms with Crippen LogP contribution in [-0.4, -0.2) is 50.2 Å². The van der Waals surface area contributed by atoms with Gasteiger partial charge in [0.25, 0.3) is 0 Å². The molecule has 2 aliphatic heterocycles. The Balaban J connectivity index is 1.43. The number of piperidine rings is 1. The molecule has 3 aromatic rings. The Hall–Kier alpha value is -3.52. The molecule has 0 aliphatic carbocycles. The number of amides is 1. The molecule has 2 N–H and O–H groups in total. The highest BCUT2D eigenvalue weighted by molar-refractivity contribution is 7.99. The standard InChI is InChI=1S/C22H23N7O3S/c1-13(30)28-5-2-14(3-6-28)4-7-29-21-19(20(24)25-11-26-21)27-22(29)33-18-9-17-16(31-12-32-17)8-15(18)10-23/h8-9,11,14H,2-7,12H2,1H3,(H2,24,25,26). The molecular formula is C22H23N7O3S. The monoisotopic (exact) mass is 465 g/mol. The summed E-state index contributed by atoms with van der Waals surface area (Å²) in [5.74, 6) is 2.14. The van der Waals surface area contributed by atoms with Crippen molar-refractivity contribution in [2.24, 2.45) is 5.92 Å². The number of aryl methyl sites for hydroxylation is 1. The second-order valence-corrected chi connectivity index (χ2v) is 9.14. The molecule has 4 heterocycles. The maximum absolute atomic E-state index is 11.6. The van der Waals surface area contributed by atoms with E-state index in [9.17, 15) is 10.1 Å². The highest BCUT2D eigenvalue weighted by atomic mass is 32.2. The number of anilines is 1. The molecular weight excluding hydrogens is 442 g/mol. The van der Waals surface area contributed by atoms with E-state index < -0.39 is 0 Å². The Morgan fingerprint density at radius 3 is 2.76 bits per heavy atom. The number of benzene rings is 1. The molecule has 11 heteroatoms. The molecule has 170 valence electrons. The van der Waals surface area contributed by atoms with Crippen LogP contribution < -0.4 is 15.2 Å². The van der Waals surface area contributed by atoms with Gasteiger partial charge >= 0.3 is 0 Å². The molecule has 33 heavy (non-hydrogen) atoms. The topological polar surface area (TPSA) is 132 Å². The summed E-state index contributed by atoms with van der Waals surface area (Å²) in [4.78, 5) is 27.5. The normalized spacial score (nSPS) is 15.7. The van der Waals surface area contributed by atoms with Crippen molar-refractivity contribution >= 4 is 34.7 Å². The van der Waals surface area contributed by atoms with Gasteiger partial charge in [0.1, 0.15) is 12.4 Å². The largest absolute Gasteiger partial charge is 0.454 e. The number of carbonyl (C=O) groups excluding carboxylic acids is 1. The highest BCUT2D eigenvalue weighted by Crippen LogP contribution is 2.41. The van der Waals surface area contributed by atoms with Crippen LogP contribution in [-0.2, 0) is 11.3 Å². The van der Waals surface area contributed by atoms with Crippen molar-refractivity contribution in [3.05, 3.63) is 24.0 Å². The Labute approximate surface area is 194 Å². The van der Waals surface area contributed by atoms with Gasteiger partial charge in [0.2, 0.25) is 12.7 Å². The van der Waals surface area contributed by atoms with Gasteiger partial charge in [0.15, 0.2) is 33.6 Å². The number of nitriles is 1. The molecule has 2 aliphatic rings. The van der Waals surface area contributed by atoms with Crippen molar-refractivity contribution in [2.75, 3.05) is 25.6 Å². The summed E-state index contributed by atoms with van der Waals surface area (Å²) >= 11 is 1.37. The molecule has 1 saturated heterocycles. The minimum absolute atomic E-state index is 0.136. The third-order valence-electron chi connectivity index (χ3n) is 6.14. The van der Waals surface area contributed by atoms with Gasteiger partial charge in [-0.1, -0.05) is 11.8 Å². The number of nitrogens with zero attached hydrogens (tertiary/aromatic N) is 6. The Morgan fingerprint density at radius 1 is 1.27 bits per heavy atom. The summed E-state index contributed by atoms with van der Waals surface area (Å²) in [5, 5.41) is 10.3. The van der Waals surface area contributed by atoms with Crippen LogP contribution in [0.4, 0.5) is 5.82 Å². The molecule has 5 rings (SSSR count). The first-order chi connectivity index (χ1) is 16.0. The summed E-state index contributed by atoms with van der Waals surface area (Å²) in [7, 11) is 0. The van der Waals surface area contributed by atoms with E-state index in [0.717, 1.165) is 37.2 Å². The molecule has 0 radical (unpaired) electrons. The quantitative estimate of drug-likeness (QED) is 0.604. The van der Waals surface area contributed by atoms with Gasteiger partial charge in [-0.15, -0.1) is 0 Å². The number of carbonyl (C=O) groups is 1. The van der Waals surface area contributed by atoms with E-state index >= 15 is 0 Å². The van der Waals surface area contributed by atoms with Crippen LogP contribution in [0.15, 0.2) is 28.5 Å². The van der Waals surface area contributed by atoms with Crippen LogP contribution in [0.25, 0.3) is 11.2 Å². The van der Waals surface area contributed by atoms with Gasteiger partial charge < -0.3 is 24.7 Å². The van der Waals surface area contributed by atoms with Crippen LogP contribution in [0.1, 0.15) is 31.7 Å². The average molecular weight is 466 g/mol. The lowest BCUT2D eigenvalue weighted by atomic mass is 9.93. The predicted molar refractivity (Wildman–Crippen MR) is 121 cm³/mol. The lowest BCUT2D eigenvalue weighted by Crippen LogP contribution is -2.37. The molecule has 0 atom stereocenters. The van der Waals surface area contributed by atoms with Crippen molar-refractivity contribution in [1.29, 1.82) is 5.26 Å². The molecule has 0 saturated carbocycles. The molecule has 10 nitrogen and oxygen atoms in total. The molecule has 0 spiro atoms. The zero-order valence-corrected chi connectivity index (χ0v) is 19.0. The van der Waals surface area contributed by atoms with Gasteiger partial charge in [0, 0.05) is 37.5 Å². The van der Waals surface area contributed by atoms with Crippen molar-refractivity contribution in [3.8, 4) is 17.6 Å². The number of rotatable bonds is 5. The molecule has 0 unspecified atom stereocenters. The number of ether oxygens (including phenoxy) is 2. The van der Waals surface area contributed by atoms with Gasteiger partial charge in [-0.25, -0.2) is 15.0 Å². The summed E-state index contributed by atoms with van der Waals surface area (Å²) < 4.78 is 12.9. The van der Waals surface area contributed by atoms with E-state index in [1.165, 1.54) is 18.1 Å². The zero-order chi connectivity index (χ0) is 22.9. The maximum atomic E-state index is 11.6. The average Bonchev–Trinajstić information content (AvgIpc) is 3.42. The summed E-state index contributed by atoms with van der Waals surface area (Å²) in [6.07, 6.45) is 4.33. The van der Waals surface area contributed by atoms with Crippen LogP contribution in [0.3, 0.4) is 0 Å². The van der Waals surface area contributed by atoms with Gasteiger partial charge in [-0.3, -0.25) is 4.79 Å². The fourth-order valence-corrected chi connectivity index (χ4v) is 5.26. The smallest absolute Gasteiger partial charge is 0.231 e. The van der Waals surface area contributed by atoms with Crippen molar-refractivity contribution < 1.29 is 14.3 Å². The van der Waals surface area contributed by atoms with E-state index in [1.807, 2.05) is 15.5 Å². The number of hydrogen-bond donors (Lipinski definition) is 1. The molecule has 1 aromatic carbocycles. The number of hydrogen-bond acceptors (Lipinski definition) is 9. The number of imidazole rings is 1. The van der Waals surface area contributed by atoms with Crippen molar-refractivity contribution in [2.45, 2.75) is 42.8 Å². The summed E-state index contributed by atoms with van der Waals surface area (Å²) in [6.45, 7) is 4.05. The first-order valence-electron chi connectivity index (χ1n) is 10.8. The van der Waals surface area contributed by atoms with Crippen molar-refractivity contribution in [1.82, 2.24) is 24.4 Å². The fourth-order valence-electron chi connectivity index (χ4n) is 4.26. The third kappa shape index (κ3) is 4.14. The number of aromatic nitrogens is 4. The summed E-state index contributed by atoms with van der Waals surface area (Å²) in [5.41, 5.74) is 7.79. The first kappa shape index (κ1) is 21.3. The number of likely N-dealkylation sites (tertiary alicyclic amines) is 1. The van der Waals surface area contributed by atoms with Crippen LogP contribution in [0.2, 0.25) is 0 Å². The minimum Gasteiger partial charge on any atom is -0.454 e. The van der Waals surface area contributed by atoms with Crippen LogP contribution in [0.5, 0.6) is 11.5 Å². The number of nitrogens with two attached hydrogens (primary N) is 1. The molecule has 2 aromatic heterocycles. The van der Waals surface area contributed by atoms with Crippen molar-refractivity contribution in [3.63, 3.8) is 0 Å². The lowest BCUT2D eigenvalue weighted by molar-refractivity contribution is -0.130. The summed E-state index contributed by atoms with van der Waals surface area (Å²) in [6, 6.07) is 5.73. The van der Waals surface area contributed by atoms with E-state index in [2.05, 4.69) is 16.0 Å². The van der Waals surface area contributed by atoms with Gasteiger partial charge in [0.05, 0.1) is 5.56 Å². The van der Waals surface area contributed by atoms with Gasteiger partial charge in [-0.05, 0) is 31.2 Å². The molecule has 0 bridgehead atoms. The first-order valence-corrected chi connectivity index (χ1v) is 11.6. The zero-order valence-electron chi connectivity index (χ0n) is 18.2. The van der Waals surface area contributed by atoms with E-state index in [0.29, 0.717) is 51.7 Å². The number of nitrogen functional groups attached to an aromatic ring is 1. The second-order valence-electron chi connectivity index (χ2n) is 8.13. The van der Waals surface area contributed by atoms with E-state index in [4.69, 9.17) is 20.2 Å². The Kier molecular flexibility index (Phi) is 5.68. The highest BCUT2D eigenvalue weighted by Gasteiger charge is 2.24. The SMILES string of the molecule is CC(=O)N1CCC(CCn2c(Sc3cc4c(cc3C#N)OCO4)nc3c(N)ncnc32)CC1. The number of fused-ring (bicyclic) bond motifs is 2. The van der Waals surface area contributed by atoms with Crippen LogP contribution >= 0.6 is 11.8 Å². The van der Waals surface area contributed by atoms with Crippen LogP contribution in [0, 0.1) is 17.2 Å². The maximum Gasteiger partial charge on any atom is 0.231 e. The fraction of sp³-hybridized carbons (Fsp3) is 0.409. The van der Waals surface area contributed by atoms with E-state index in [1.54, 1.807) is 13.0 Å². The lowest BCUT2D eigenvalue weighted by Gasteiger charge is -2.31. The Morgan fingerprint density at radius 2 is 2.03 bits per heavy atom. The third-order valence-corrected chi connectivity index (χ3v) is 7.19. The predicted octanol–water partition coefficient (Wildman–Crippen LogP) is 2.81. The second kappa shape index (κ2) is 8.78. The van der Waals surface area contributed by atoms with E-state index in [-0.39, 0.29) is 12.7 Å². The molecule has 1 fully saturated rings. The van der Waals surface area contributed by atoms with Gasteiger partial charge in [-0.2, -0.15) is 5.26 Å².